The number of aromatic nitrogens is 5. The molecule has 262 valence electrons. The van der Waals surface area contributed by atoms with Crippen molar-refractivity contribution < 1.29 is 0 Å². The molecule has 5 heteroatoms. The van der Waals surface area contributed by atoms with Crippen LogP contribution in [0.1, 0.15) is 0 Å². The van der Waals surface area contributed by atoms with Crippen LogP contribution in [0.15, 0.2) is 200 Å². The van der Waals surface area contributed by atoms with Gasteiger partial charge in [-0.05, 0) is 70.8 Å². The maximum absolute atomic E-state index is 5.41. The Kier molecular flexibility index (Phi) is 7.42. The predicted molar refractivity (Wildman–Crippen MR) is 230 cm³/mol. The van der Waals surface area contributed by atoms with Crippen LogP contribution in [0.4, 0.5) is 0 Å². The van der Waals surface area contributed by atoms with E-state index in [0.29, 0.717) is 17.6 Å². The predicted octanol–water partition coefficient (Wildman–Crippen LogP) is 12.7. The molecule has 0 aliphatic carbocycles. The van der Waals surface area contributed by atoms with Crippen LogP contribution in [0.25, 0.3) is 100 Å². The van der Waals surface area contributed by atoms with Crippen LogP contribution in [0.3, 0.4) is 0 Å². The molecule has 0 unspecified atom stereocenters. The van der Waals surface area contributed by atoms with Crippen LogP contribution in [0.5, 0.6) is 0 Å². The van der Waals surface area contributed by atoms with Crippen LogP contribution < -0.4 is 0 Å². The normalized spacial score (nSPS) is 11.6. The molecule has 11 rings (SSSR count). The van der Waals surface area contributed by atoms with Gasteiger partial charge in [0.2, 0.25) is 5.95 Å². The largest absolute Gasteiger partial charge is 0.309 e. The number of fused-ring (bicyclic) bond motifs is 6. The first-order valence-corrected chi connectivity index (χ1v) is 18.9. The molecule has 11 aromatic rings. The molecule has 0 N–H and O–H groups in total. The van der Waals surface area contributed by atoms with Gasteiger partial charge < -0.3 is 4.57 Å². The molecule has 3 heterocycles. The molecule has 0 saturated carbocycles. The lowest BCUT2D eigenvalue weighted by molar-refractivity contribution is 0.952. The lowest BCUT2D eigenvalue weighted by atomic mass is 9.94. The van der Waals surface area contributed by atoms with E-state index >= 15 is 0 Å². The minimum absolute atomic E-state index is 0.561. The minimum atomic E-state index is 0.561. The molecule has 0 fully saturated rings. The van der Waals surface area contributed by atoms with Crippen molar-refractivity contribution in [2.75, 3.05) is 0 Å². The average Bonchev–Trinajstić information content (AvgIpc) is 3.80. The highest BCUT2D eigenvalue weighted by molar-refractivity contribution is 6.10. The Labute approximate surface area is 323 Å². The van der Waals surface area contributed by atoms with Gasteiger partial charge in [0.1, 0.15) is 0 Å². The number of hydrogen-bond acceptors (Lipinski definition) is 3. The van der Waals surface area contributed by atoms with Gasteiger partial charge in [0.05, 0.1) is 27.8 Å². The highest BCUT2D eigenvalue weighted by Gasteiger charge is 2.22. The van der Waals surface area contributed by atoms with Crippen molar-refractivity contribution in [3.63, 3.8) is 0 Å². The standard InChI is InChI=1S/C51H33N5/c1-3-17-34(18-4-1)36-31-32-41(43(33-36)35-19-5-2-6-20-35)49-52-50(54-51(53-49)56-46-28-14-9-23-39(46)40-24-10-15-29-47(40)56)42-25-11-16-30-48(42)55-44-26-12-7-21-37(44)38-22-8-13-27-45(38)55/h1-33H. The Morgan fingerprint density at radius 1 is 0.286 bits per heavy atom. The van der Waals surface area contributed by atoms with Gasteiger partial charge in [-0.1, -0.05) is 152 Å². The first-order valence-electron chi connectivity index (χ1n) is 18.9. The fourth-order valence-electron chi connectivity index (χ4n) is 8.29. The van der Waals surface area contributed by atoms with Gasteiger partial charge in [-0.25, -0.2) is 4.98 Å². The summed E-state index contributed by atoms with van der Waals surface area (Å²) in [4.78, 5) is 16.2. The number of hydrogen-bond donors (Lipinski definition) is 0. The third-order valence-electron chi connectivity index (χ3n) is 10.8. The Morgan fingerprint density at radius 2 is 0.732 bits per heavy atom. The summed E-state index contributed by atoms with van der Waals surface area (Å²) < 4.78 is 4.52. The maximum Gasteiger partial charge on any atom is 0.238 e. The molecular weight excluding hydrogens is 683 g/mol. The third kappa shape index (κ3) is 5.13. The van der Waals surface area contributed by atoms with Crippen LogP contribution in [0, 0.1) is 0 Å². The second-order valence-electron chi connectivity index (χ2n) is 14.0. The fraction of sp³-hybridized carbons (Fsp3) is 0. The van der Waals surface area contributed by atoms with Crippen molar-refractivity contribution in [3.05, 3.63) is 200 Å². The summed E-state index contributed by atoms with van der Waals surface area (Å²) in [5, 5.41) is 4.70. The fourth-order valence-corrected chi connectivity index (χ4v) is 8.29. The SMILES string of the molecule is c1ccc(-c2ccc(-c3nc(-c4ccccc4-n4c5ccccc5c5ccccc54)nc(-n4c5ccccc5c5ccccc54)n3)c(-c3ccccc3)c2)cc1. The third-order valence-corrected chi connectivity index (χ3v) is 10.8. The first kappa shape index (κ1) is 31.9. The van der Waals surface area contributed by atoms with Crippen LogP contribution >= 0.6 is 0 Å². The van der Waals surface area contributed by atoms with Gasteiger partial charge in [0, 0.05) is 32.7 Å². The monoisotopic (exact) mass is 715 g/mol. The van der Waals surface area contributed by atoms with E-state index < -0.39 is 0 Å². The number of para-hydroxylation sites is 5. The molecule has 0 aliphatic rings. The van der Waals surface area contributed by atoms with Crippen molar-refractivity contribution in [3.8, 4) is 56.7 Å². The lowest BCUT2D eigenvalue weighted by Gasteiger charge is -2.16. The first-order chi connectivity index (χ1) is 27.8. The molecule has 56 heavy (non-hydrogen) atoms. The van der Waals surface area contributed by atoms with Gasteiger partial charge in [-0.15, -0.1) is 0 Å². The molecule has 0 radical (unpaired) electrons. The molecular formula is C51H33N5. The zero-order valence-electron chi connectivity index (χ0n) is 30.3. The second-order valence-corrected chi connectivity index (χ2v) is 14.0. The molecule has 3 aromatic heterocycles. The highest BCUT2D eigenvalue weighted by atomic mass is 15.2. The van der Waals surface area contributed by atoms with Crippen molar-refractivity contribution in [1.82, 2.24) is 24.1 Å². The topological polar surface area (TPSA) is 48.5 Å². The van der Waals surface area contributed by atoms with Gasteiger partial charge >= 0.3 is 0 Å². The molecule has 0 amide bonds. The smallest absolute Gasteiger partial charge is 0.238 e. The quantitative estimate of drug-likeness (QED) is 0.172. The van der Waals surface area contributed by atoms with E-state index in [1.807, 2.05) is 0 Å². The number of benzene rings is 8. The van der Waals surface area contributed by atoms with Gasteiger partial charge in [-0.3, -0.25) is 4.57 Å². The van der Waals surface area contributed by atoms with E-state index in [1.165, 1.54) is 10.8 Å². The molecule has 0 spiro atoms. The molecule has 5 nitrogen and oxygen atoms in total. The number of nitrogens with zero attached hydrogens (tertiary/aromatic N) is 5. The van der Waals surface area contributed by atoms with Crippen molar-refractivity contribution >= 4 is 43.6 Å². The molecule has 0 bridgehead atoms. The lowest BCUT2D eigenvalue weighted by Crippen LogP contribution is -2.08. The van der Waals surface area contributed by atoms with Crippen molar-refractivity contribution in [2.45, 2.75) is 0 Å². The van der Waals surface area contributed by atoms with Crippen molar-refractivity contribution in [2.24, 2.45) is 0 Å². The summed E-state index contributed by atoms with van der Waals surface area (Å²) in [6.07, 6.45) is 0. The van der Waals surface area contributed by atoms with E-state index in [4.69, 9.17) is 15.0 Å². The zero-order chi connectivity index (χ0) is 37.0. The van der Waals surface area contributed by atoms with E-state index in [0.717, 1.165) is 71.9 Å². The van der Waals surface area contributed by atoms with Gasteiger partial charge in [-0.2, -0.15) is 9.97 Å². The van der Waals surface area contributed by atoms with E-state index in [9.17, 15) is 0 Å². The van der Waals surface area contributed by atoms with Gasteiger partial charge in [0.15, 0.2) is 11.6 Å². The summed E-state index contributed by atoms with van der Waals surface area (Å²) in [5.41, 5.74) is 11.6. The Hall–Kier alpha value is -7.63. The van der Waals surface area contributed by atoms with Crippen LogP contribution in [-0.2, 0) is 0 Å². The van der Waals surface area contributed by atoms with E-state index in [2.05, 4.69) is 209 Å². The summed E-state index contributed by atoms with van der Waals surface area (Å²) in [6.45, 7) is 0. The molecule has 0 aliphatic heterocycles. The number of rotatable bonds is 6. The summed E-state index contributed by atoms with van der Waals surface area (Å²) in [7, 11) is 0. The molecule has 8 aromatic carbocycles. The summed E-state index contributed by atoms with van der Waals surface area (Å²) >= 11 is 0. The summed E-state index contributed by atoms with van der Waals surface area (Å²) in [6, 6.07) is 70.3. The Morgan fingerprint density at radius 3 is 1.30 bits per heavy atom. The molecule has 0 saturated heterocycles. The maximum atomic E-state index is 5.41. The highest BCUT2D eigenvalue weighted by Crippen LogP contribution is 2.39. The zero-order valence-corrected chi connectivity index (χ0v) is 30.3. The van der Waals surface area contributed by atoms with Crippen LogP contribution in [0.2, 0.25) is 0 Å². The Balaban J connectivity index is 1.22. The van der Waals surface area contributed by atoms with Gasteiger partial charge in [0.25, 0.3) is 0 Å². The van der Waals surface area contributed by atoms with E-state index in [-0.39, 0.29) is 0 Å². The second kappa shape index (κ2) is 13.0. The van der Waals surface area contributed by atoms with Crippen LogP contribution in [-0.4, -0.2) is 24.1 Å². The Bertz CT molecular complexity index is 3140. The molecule has 0 atom stereocenters. The average molecular weight is 716 g/mol. The summed E-state index contributed by atoms with van der Waals surface area (Å²) in [5.74, 6) is 1.75. The van der Waals surface area contributed by atoms with Crippen molar-refractivity contribution in [1.29, 1.82) is 0 Å². The minimum Gasteiger partial charge on any atom is -0.309 e. The van der Waals surface area contributed by atoms with E-state index in [1.54, 1.807) is 0 Å².